The highest BCUT2D eigenvalue weighted by Crippen LogP contribution is 2.32. The maximum Gasteiger partial charge on any atom is 0.319 e. The summed E-state index contributed by atoms with van der Waals surface area (Å²) in [4.78, 5) is 13.0. The molecule has 5 rings (SSSR count). The second-order valence-electron chi connectivity index (χ2n) is 9.31. The van der Waals surface area contributed by atoms with Crippen molar-refractivity contribution in [2.45, 2.75) is 36.7 Å². The molecule has 2 heterocycles. The highest BCUT2D eigenvalue weighted by molar-refractivity contribution is 7.90. The average Bonchev–Trinajstić information content (AvgIpc) is 3.53. The van der Waals surface area contributed by atoms with Crippen molar-refractivity contribution < 1.29 is 13.2 Å². The fourth-order valence-electron chi connectivity index (χ4n) is 4.55. The molecule has 8 nitrogen and oxygen atoms in total. The number of urea groups is 1. The second kappa shape index (κ2) is 10.2. The first kappa shape index (κ1) is 24.7. The SMILES string of the molecule is CC(NC(=O)Nc1ccc(S(=O)(=O)Cc2ccc3c(c2)CNC3)cc1-c1cnn(C)c1)c1ccccc1. The van der Waals surface area contributed by atoms with E-state index >= 15 is 0 Å². The minimum absolute atomic E-state index is 0.103. The van der Waals surface area contributed by atoms with Crippen LogP contribution in [0.1, 0.15) is 35.2 Å². The summed E-state index contributed by atoms with van der Waals surface area (Å²) in [5.74, 6) is -0.103. The van der Waals surface area contributed by atoms with Crippen LogP contribution in [0.2, 0.25) is 0 Å². The van der Waals surface area contributed by atoms with E-state index in [0.29, 0.717) is 16.8 Å². The number of benzene rings is 3. The van der Waals surface area contributed by atoms with Gasteiger partial charge in [0.2, 0.25) is 0 Å². The highest BCUT2D eigenvalue weighted by Gasteiger charge is 2.21. The van der Waals surface area contributed by atoms with Crippen molar-refractivity contribution in [3.63, 3.8) is 0 Å². The van der Waals surface area contributed by atoms with E-state index in [9.17, 15) is 13.2 Å². The number of aryl methyl sites for hydroxylation is 1. The molecule has 0 aliphatic carbocycles. The van der Waals surface area contributed by atoms with E-state index in [2.05, 4.69) is 21.0 Å². The molecule has 0 fully saturated rings. The summed E-state index contributed by atoms with van der Waals surface area (Å²) in [5.41, 5.74) is 5.85. The van der Waals surface area contributed by atoms with Crippen molar-refractivity contribution in [2.24, 2.45) is 7.05 Å². The molecule has 1 unspecified atom stereocenters. The van der Waals surface area contributed by atoms with Crippen LogP contribution in [0.3, 0.4) is 0 Å². The fraction of sp³-hybridized carbons (Fsp3) is 0.214. The number of rotatable bonds is 7. The summed E-state index contributed by atoms with van der Waals surface area (Å²) in [6.45, 7) is 3.46. The average molecular weight is 516 g/mol. The van der Waals surface area contributed by atoms with Crippen LogP contribution in [0.4, 0.5) is 10.5 Å². The Morgan fingerprint density at radius 2 is 1.84 bits per heavy atom. The normalized spacial score (nSPS) is 13.7. The molecule has 0 radical (unpaired) electrons. The zero-order valence-corrected chi connectivity index (χ0v) is 21.5. The molecule has 0 saturated heterocycles. The zero-order valence-electron chi connectivity index (χ0n) is 20.7. The number of sulfone groups is 1. The number of fused-ring (bicyclic) bond motifs is 1. The highest BCUT2D eigenvalue weighted by atomic mass is 32.2. The van der Waals surface area contributed by atoms with E-state index in [1.54, 1.807) is 42.3 Å². The number of carbonyl (C=O) groups is 1. The number of aromatic nitrogens is 2. The molecule has 0 saturated carbocycles. The van der Waals surface area contributed by atoms with Gasteiger partial charge in [0, 0.05) is 37.5 Å². The van der Waals surface area contributed by atoms with Crippen molar-refractivity contribution in [3.8, 4) is 11.1 Å². The Kier molecular flexibility index (Phi) is 6.82. The number of nitrogens with one attached hydrogen (secondary N) is 3. The van der Waals surface area contributed by atoms with Crippen LogP contribution in [-0.2, 0) is 35.7 Å². The molecular weight excluding hydrogens is 486 g/mol. The van der Waals surface area contributed by atoms with Gasteiger partial charge in [-0.05, 0) is 47.4 Å². The van der Waals surface area contributed by atoms with Crippen LogP contribution in [0, 0.1) is 0 Å². The van der Waals surface area contributed by atoms with Gasteiger partial charge in [0.05, 0.1) is 28.6 Å². The molecule has 1 aliphatic heterocycles. The van der Waals surface area contributed by atoms with Crippen LogP contribution < -0.4 is 16.0 Å². The minimum Gasteiger partial charge on any atom is -0.331 e. The largest absolute Gasteiger partial charge is 0.331 e. The van der Waals surface area contributed by atoms with Gasteiger partial charge in [-0.1, -0.05) is 48.5 Å². The zero-order chi connectivity index (χ0) is 26.0. The number of nitrogens with zero attached hydrogens (tertiary/aromatic N) is 2. The lowest BCUT2D eigenvalue weighted by Gasteiger charge is -2.17. The van der Waals surface area contributed by atoms with E-state index in [1.807, 2.05) is 55.5 Å². The molecule has 1 aromatic heterocycles. The lowest BCUT2D eigenvalue weighted by Crippen LogP contribution is -2.31. The van der Waals surface area contributed by atoms with E-state index in [4.69, 9.17) is 0 Å². The third kappa shape index (κ3) is 5.58. The van der Waals surface area contributed by atoms with Crippen molar-refractivity contribution in [1.82, 2.24) is 20.4 Å². The first-order valence-corrected chi connectivity index (χ1v) is 13.7. The second-order valence-corrected chi connectivity index (χ2v) is 11.3. The first-order chi connectivity index (χ1) is 17.8. The third-order valence-corrected chi connectivity index (χ3v) is 8.21. The Morgan fingerprint density at radius 1 is 1.05 bits per heavy atom. The van der Waals surface area contributed by atoms with Crippen molar-refractivity contribution in [2.75, 3.05) is 5.32 Å². The number of hydrogen-bond donors (Lipinski definition) is 3. The molecule has 190 valence electrons. The summed E-state index contributed by atoms with van der Waals surface area (Å²) < 4.78 is 28.4. The minimum atomic E-state index is -3.63. The number of amides is 2. The third-order valence-electron chi connectivity index (χ3n) is 6.52. The Bertz CT molecular complexity index is 1550. The topological polar surface area (TPSA) is 105 Å². The first-order valence-electron chi connectivity index (χ1n) is 12.1. The standard InChI is InChI=1S/C28H29N5O3S/c1-19(21-6-4-3-5-7-21)31-28(34)32-27-11-10-25(13-26(27)24-16-30-33(2)17-24)37(35,36)18-20-8-9-22-14-29-15-23(22)12-20/h3-13,16-17,19,29H,14-15,18H2,1-2H3,(H2,31,32,34). The molecule has 37 heavy (non-hydrogen) atoms. The maximum atomic E-state index is 13.4. The number of anilines is 1. The van der Waals surface area contributed by atoms with Gasteiger partial charge < -0.3 is 16.0 Å². The summed E-state index contributed by atoms with van der Waals surface area (Å²) in [5, 5.41) is 13.3. The van der Waals surface area contributed by atoms with E-state index in [-0.39, 0.29) is 22.7 Å². The molecular formula is C28H29N5O3S. The summed E-state index contributed by atoms with van der Waals surface area (Å²) in [6, 6.07) is 19.7. The smallest absolute Gasteiger partial charge is 0.319 e. The monoisotopic (exact) mass is 515 g/mol. The molecule has 3 N–H and O–H groups in total. The molecule has 0 spiro atoms. The van der Waals surface area contributed by atoms with Crippen LogP contribution in [-0.4, -0.2) is 24.2 Å². The van der Waals surface area contributed by atoms with Gasteiger partial charge in [0.25, 0.3) is 0 Å². The van der Waals surface area contributed by atoms with Crippen molar-refractivity contribution in [1.29, 1.82) is 0 Å². The fourth-order valence-corrected chi connectivity index (χ4v) is 5.90. The van der Waals surface area contributed by atoms with E-state index < -0.39 is 9.84 Å². The number of hydrogen-bond acceptors (Lipinski definition) is 5. The Hall–Kier alpha value is -3.95. The van der Waals surface area contributed by atoms with Gasteiger partial charge in [-0.15, -0.1) is 0 Å². The molecule has 4 aromatic rings. The summed E-state index contributed by atoms with van der Waals surface area (Å²) >= 11 is 0. The lowest BCUT2D eigenvalue weighted by molar-refractivity contribution is 0.249. The lowest BCUT2D eigenvalue weighted by atomic mass is 10.1. The maximum absolute atomic E-state index is 13.4. The van der Waals surface area contributed by atoms with Crippen LogP contribution in [0.5, 0.6) is 0 Å². The van der Waals surface area contributed by atoms with Gasteiger partial charge in [-0.2, -0.15) is 5.10 Å². The van der Waals surface area contributed by atoms with Gasteiger partial charge in [-0.25, -0.2) is 13.2 Å². The summed E-state index contributed by atoms with van der Waals surface area (Å²) in [7, 11) is -1.84. The molecule has 3 aromatic carbocycles. The summed E-state index contributed by atoms with van der Waals surface area (Å²) in [6.07, 6.45) is 3.43. The van der Waals surface area contributed by atoms with Crippen LogP contribution >= 0.6 is 0 Å². The molecule has 2 amide bonds. The predicted octanol–water partition coefficient (Wildman–Crippen LogP) is 4.55. The predicted molar refractivity (Wildman–Crippen MR) is 144 cm³/mol. The number of carbonyl (C=O) groups excluding carboxylic acids is 1. The molecule has 0 bridgehead atoms. The van der Waals surface area contributed by atoms with Crippen molar-refractivity contribution in [3.05, 3.63) is 101 Å². The van der Waals surface area contributed by atoms with Gasteiger partial charge in [0.15, 0.2) is 9.84 Å². The van der Waals surface area contributed by atoms with Gasteiger partial charge >= 0.3 is 6.03 Å². The molecule has 1 atom stereocenters. The molecule has 1 aliphatic rings. The van der Waals surface area contributed by atoms with Crippen LogP contribution in [0.15, 0.2) is 84.0 Å². The Morgan fingerprint density at radius 3 is 2.59 bits per heavy atom. The van der Waals surface area contributed by atoms with Gasteiger partial charge in [-0.3, -0.25) is 4.68 Å². The van der Waals surface area contributed by atoms with Gasteiger partial charge in [0.1, 0.15) is 0 Å². The van der Waals surface area contributed by atoms with E-state index in [1.165, 1.54) is 5.56 Å². The molecule has 9 heteroatoms. The van der Waals surface area contributed by atoms with E-state index in [0.717, 1.165) is 29.8 Å². The quantitative estimate of drug-likeness (QED) is 0.335. The Labute approximate surface area is 216 Å². The van der Waals surface area contributed by atoms with Crippen LogP contribution in [0.25, 0.3) is 11.1 Å². The Balaban J connectivity index is 1.41. The van der Waals surface area contributed by atoms with Crippen molar-refractivity contribution >= 4 is 21.6 Å².